The maximum Gasteiger partial charge on any atom is 0.247 e. The van der Waals surface area contributed by atoms with Gasteiger partial charge in [0, 0.05) is 18.5 Å². The summed E-state index contributed by atoms with van der Waals surface area (Å²) < 4.78 is 0. The highest BCUT2D eigenvalue weighted by atomic mass is 16.2. The molecule has 3 rings (SSSR count). The van der Waals surface area contributed by atoms with Crippen molar-refractivity contribution in [2.24, 2.45) is 16.9 Å². The van der Waals surface area contributed by atoms with E-state index in [1.165, 1.54) is 19.3 Å². The quantitative estimate of drug-likeness (QED) is 0.769. The predicted octanol–water partition coefficient (Wildman–Crippen LogP) is 1.60. The van der Waals surface area contributed by atoms with E-state index in [1.807, 2.05) is 24.3 Å². The van der Waals surface area contributed by atoms with Crippen molar-refractivity contribution in [3.05, 3.63) is 24.3 Å². The number of carbonyl (C=O) groups excluding carboxylic acids is 2. The minimum absolute atomic E-state index is 0.0135. The molecular weight excluding hydrogens is 316 g/mol. The van der Waals surface area contributed by atoms with Crippen molar-refractivity contribution in [1.82, 2.24) is 15.6 Å². The molecule has 3 unspecified atom stereocenters. The van der Waals surface area contributed by atoms with Crippen LogP contribution in [-0.2, 0) is 9.59 Å². The molecule has 25 heavy (non-hydrogen) atoms. The lowest BCUT2D eigenvalue weighted by Gasteiger charge is -2.31. The first-order valence-electron chi connectivity index (χ1n) is 9.40. The van der Waals surface area contributed by atoms with E-state index in [2.05, 4.69) is 27.7 Å². The molecule has 2 N–H and O–H groups in total. The van der Waals surface area contributed by atoms with Gasteiger partial charge in [0.05, 0.1) is 18.1 Å². The molecule has 2 aliphatic heterocycles. The SMILES string of the molecule is CCC(CN1CCCCC1)NC(=O)CC1=NNC(=O)C2C=CC=CC12. The number of fused-ring (bicyclic) bond motifs is 1. The van der Waals surface area contributed by atoms with Crippen molar-refractivity contribution < 1.29 is 9.59 Å². The molecule has 0 aromatic carbocycles. The highest BCUT2D eigenvalue weighted by Crippen LogP contribution is 2.25. The lowest BCUT2D eigenvalue weighted by Crippen LogP contribution is -2.47. The molecule has 0 saturated carbocycles. The van der Waals surface area contributed by atoms with Crippen LogP contribution in [0, 0.1) is 11.8 Å². The summed E-state index contributed by atoms with van der Waals surface area (Å²) in [5.41, 5.74) is 3.28. The number of piperidine rings is 1. The third-order valence-electron chi connectivity index (χ3n) is 5.26. The van der Waals surface area contributed by atoms with E-state index in [4.69, 9.17) is 0 Å². The van der Waals surface area contributed by atoms with Gasteiger partial charge < -0.3 is 10.2 Å². The van der Waals surface area contributed by atoms with Crippen molar-refractivity contribution >= 4 is 17.5 Å². The van der Waals surface area contributed by atoms with Crippen LogP contribution < -0.4 is 10.7 Å². The summed E-state index contributed by atoms with van der Waals surface area (Å²) in [7, 11) is 0. The fourth-order valence-corrected chi connectivity index (χ4v) is 3.78. The Kier molecular flexibility index (Phi) is 6.02. The Morgan fingerprint density at radius 2 is 2.00 bits per heavy atom. The maximum atomic E-state index is 12.5. The number of carbonyl (C=O) groups is 2. The second kappa shape index (κ2) is 8.43. The molecule has 6 heteroatoms. The van der Waals surface area contributed by atoms with Gasteiger partial charge in [0.2, 0.25) is 11.8 Å². The number of allylic oxidation sites excluding steroid dienone is 3. The molecule has 3 aliphatic rings. The van der Waals surface area contributed by atoms with Gasteiger partial charge in [-0.2, -0.15) is 5.10 Å². The summed E-state index contributed by atoms with van der Waals surface area (Å²) in [6.45, 7) is 5.29. The van der Waals surface area contributed by atoms with Gasteiger partial charge in [-0.25, -0.2) is 5.43 Å². The second-order valence-electron chi connectivity index (χ2n) is 7.11. The van der Waals surface area contributed by atoms with Crippen LogP contribution in [0.15, 0.2) is 29.4 Å². The number of nitrogens with zero attached hydrogens (tertiary/aromatic N) is 2. The van der Waals surface area contributed by atoms with E-state index < -0.39 is 0 Å². The lowest BCUT2D eigenvalue weighted by atomic mass is 9.82. The van der Waals surface area contributed by atoms with Gasteiger partial charge in [0.15, 0.2) is 0 Å². The normalized spacial score (nSPS) is 27.2. The molecule has 3 atom stereocenters. The number of rotatable bonds is 6. The second-order valence-corrected chi connectivity index (χ2v) is 7.11. The summed E-state index contributed by atoms with van der Waals surface area (Å²) >= 11 is 0. The zero-order valence-corrected chi connectivity index (χ0v) is 14.9. The molecule has 1 saturated heterocycles. The molecule has 0 radical (unpaired) electrons. The van der Waals surface area contributed by atoms with Crippen LogP contribution in [-0.4, -0.2) is 48.1 Å². The summed E-state index contributed by atoms with van der Waals surface area (Å²) in [4.78, 5) is 26.9. The minimum Gasteiger partial charge on any atom is -0.352 e. The van der Waals surface area contributed by atoms with Crippen molar-refractivity contribution in [3.8, 4) is 0 Å². The summed E-state index contributed by atoms with van der Waals surface area (Å²) in [5.74, 6) is -0.473. The average molecular weight is 344 g/mol. The van der Waals surface area contributed by atoms with E-state index >= 15 is 0 Å². The molecular formula is C19H28N4O2. The van der Waals surface area contributed by atoms with E-state index in [0.717, 1.165) is 31.8 Å². The Bertz CT molecular complexity index is 590. The fraction of sp³-hybridized carbons (Fsp3) is 0.632. The monoisotopic (exact) mass is 344 g/mol. The summed E-state index contributed by atoms with van der Waals surface area (Å²) in [6.07, 6.45) is 12.6. The van der Waals surface area contributed by atoms with Gasteiger partial charge >= 0.3 is 0 Å². The Hall–Kier alpha value is -1.95. The standard InChI is InChI=1S/C19H28N4O2/c1-2-14(13-23-10-6-3-7-11-23)20-18(24)12-17-15-8-4-5-9-16(15)19(25)22-21-17/h4-5,8-9,14-16H,2-3,6-7,10-13H2,1H3,(H,20,24)(H,22,25). The molecule has 6 nitrogen and oxygen atoms in total. The number of hydrogen-bond acceptors (Lipinski definition) is 4. The highest BCUT2D eigenvalue weighted by molar-refractivity contribution is 6.07. The van der Waals surface area contributed by atoms with Gasteiger partial charge in [-0.1, -0.05) is 37.6 Å². The first-order valence-corrected chi connectivity index (χ1v) is 9.40. The molecule has 0 bridgehead atoms. The third kappa shape index (κ3) is 4.57. The molecule has 1 aliphatic carbocycles. The molecule has 1 fully saturated rings. The summed E-state index contributed by atoms with van der Waals surface area (Å²) in [6, 6.07) is 0.168. The number of nitrogens with one attached hydrogen (secondary N) is 2. The highest BCUT2D eigenvalue weighted by Gasteiger charge is 2.34. The van der Waals surface area contributed by atoms with Gasteiger partial charge in [0.25, 0.3) is 0 Å². The number of hydrazone groups is 1. The van der Waals surface area contributed by atoms with Crippen LogP contribution in [0.5, 0.6) is 0 Å². The Balaban J connectivity index is 1.54. The minimum atomic E-state index is -0.249. The molecule has 0 aromatic rings. The van der Waals surface area contributed by atoms with Crippen LogP contribution in [0.3, 0.4) is 0 Å². The lowest BCUT2D eigenvalue weighted by molar-refractivity contribution is -0.125. The smallest absolute Gasteiger partial charge is 0.247 e. The number of amides is 2. The molecule has 2 heterocycles. The van der Waals surface area contributed by atoms with Crippen LogP contribution in [0.2, 0.25) is 0 Å². The number of likely N-dealkylation sites (tertiary alicyclic amines) is 1. The maximum absolute atomic E-state index is 12.5. The van der Waals surface area contributed by atoms with E-state index in [9.17, 15) is 9.59 Å². The van der Waals surface area contributed by atoms with E-state index in [-0.39, 0.29) is 36.1 Å². The average Bonchev–Trinajstić information content (AvgIpc) is 2.64. The van der Waals surface area contributed by atoms with Crippen molar-refractivity contribution in [1.29, 1.82) is 0 Å². The number of hydrogen-bond donors (Lipinski definition) is 2. The van der Waals surface area contributed by atoms with Gasteiger partial charge in [-0.15, -0.1) is 0 Å². The first kappa shape index (κ1) is 17.9. The Labute approximate surface area is 149 Å². The largest absolute Gasteiger partial charge is 0.352 e. The van der Waals surface area contributed by atoms with Crippen LogP contribution in [0.4, 0.5) is 0 Å². The molecule has 136 valence electrons. The third-order valence-corrected chi connectivity index (χ3v) is 5.26. The summed E-state index contributed by atoms with van der Waals surface area (Å²) in [5, 5.41) is 7.30. The van der Waals surface area contributed by atoms with Crippen LogP contribution in [0.1, 0.15) is 39.0 Å². The van der Waals surface area contributed by atoms with Crippen LogP contribution >= 0.6 is 0 Å². The predicted molar refractivity (Wildman–Crippen MR) is 98.0 cm³/mol. The fourth-order valence-electron chi connectivity index (χ4n) is 3.78. The van der Waals surface area contributed by atoms with Crippen molar-refractivity contribution in [2.45, 2.75) is 45.1 Å². The van der Waals surface area contributed by atoms with Crippen LogP contribution in [0.25, 0.3) is 0 Å². The molecule has 0 aromatic heterocycles. The van der Waals surface area contributed by atoms with Gasteiger partial charge in [-0.3, -0.25) is 9.59 Å². The van der Waals surface area contributed by atoms with Crippen molar-refractivity contribution in [2.75, 3.05) is 19.6 Å². The Morgan fingerprint density at radius 3 is 2.72 bits per heavy atom. The van der Waals surface area contributed by atoms with Gasteiger partial charge in [0.1, 0.15) is 0 Å². The Morgan fingerprint density at radius 1 is 1.28 bits per heavy atom. The van der Waals surface area contributed by atoms with Crippen molar-refractivity contribution in [3.63, 3.8) is 0 Å². The topological polar surface area (TPSA) is 73.8 Å². The molecule has 0 spiro atoms. The first-order chi connectivity index (χ1) is 12.2. The van der Waals surface area contributed by atoms with E-state index in [0.29, 0.717) is 0 Å². The van der Waals surface area contributed by atoms with Gasteiger partial charge in [-0.05, 0) is 32.4 Å². The zero-order chi connectivity index (χ0) is 17.6. The van der Waals surface area contributed by atoms with E-state index in [1.54, 1.807) is 0 Å². The molecule has 2 amide bonds. The zero-order valence-electron chi connectivity index (χ0n) is 14.9.